The molecule has 2 heterocycles. The molecule has 0 unspecified atom stereocenters. The summed E-state index contributed by atoms with van der Waals surface area (Å²) < 4.78 is 0. The first-order valence-electron chi connectivity index (χ1n) is 8.37. The minimum Gasteiger partial charge on any atom is -0.358 e. The zero-order valence-corrected chi connectivity index (χ0v) is 14.2. The zero-order valence-electron chi connectivity index (χ0n) is 13.5. The summed E-state index contributed by atoms with van der Waals surface area (Å²) >= 11 is 6.42. The molecule has 4 rings (SSSR count). The second-order valence-corrected chi connectivity index (χ2v) is 7.24. The summed E-state index contributed by atoms with van der Waals surface area (Å²) in [5.74, 6) is -0.438. The average molecular weight is 350 g/mol. The molecule has 0 aromatic heterocycles. The van der Waals surface area contributed by atoms with Crippen molar-refractivity contribution in [2.75, 3.05) is 0 Å². The van der Waals surface area contributed by atoms with Gasteiger partial charge in [-0.1, -0.05) is 42.0 Å². The van der Waals surface area contributed by atoms with E-state index in [1.165, 1.54) is 0 Å². The van der Waals surface area contributed by atoms with E-state index in [1.54, 1.807) is 6.07 Å². The number of hydrogen-bond acceptors (Lipinski definition) is 4. The van der Waals surface area contributed by atoms with Crippen molar-refractivity contribution in [1.29, 1.82) is 10.5 Å². The minimum atomic E-state index is -1.36. The lowest BCUT2D eigenvalue weighted by molar-refractivity contribution is -0.124. The molecular weight excluding hydrogens is 334 g/mol. The van der Waals surface area contributed by atoms with E-state index >= 15 is 0 Å². The Hall–Kier alpha value is -2.56. The van der Waals surface area contributed by atoms with Crippen molar-refractivity contribution in [3.05, 3.63) is 59.3 Å². The molecule has 1 saturated heterocycles. The molecule has 4 nitrogen and oxygen atoms in total. The Kier molecular flexibility index (Phi) is 3.67. The van der Waals surface area contributed by atoms with Crippen molar-refractivity contribution in [2.45, 2.75) is 30.8 Å². The van der Waals surface area contributed by atoms with Gasteiger partial charge in [-0.2, -0.15) is 10.5 Å². The first-order valence-corrected chi connectivity index (χ1v) is 8.75. The minimum absolute atomic E-state index is 0.0307. The van der Waals surface area contributed by atoms with E-state index in [2.05, 4.69) is 12.1 Å². The lowest BCUT2D eigenvalue weighted by atomic mass is 9.69. The van der Waals surface area contributed by atoms with E-state index in [0.29, 0.717) is 10.6 Å². The van der Waals surface area contributed by atoms with Gasteiger partial charge in [-0.05, 0) is 30.5 Å². The number of nitriles is 2. The number of halogens is 1. The molecule has 3 aliphatic rings. The van der Waals surface area contributed by atoms with Crippen LogP contribution in [-0.4, -0.2) is 22.8 Å². The maximum absolute atomic E-state index is 13.1. The Bertz CT molecular complexity index is 858. The smallest absolute Gasteiger partial charge is 0.176 e. The van der Waals surface area contributed by atoms with Gasteiger partial charge < -0.3 is 4.90 Å². The third kappa shape index (κ3) is 2.22. The maximum atomic E-state index is 13.1. The summed E-state index contributed by atoms with van der Waals surface area (Å²) in [5, 5.41) is 20.5. The van der Waals surface area contributed by atoms with Crippen LogP contribution >= 0.6 is 11.6 Å². The molecule has 1 saturated carbocycles. The summed E-state index contributed by atoms with van der Waals surface area (Å²) in [6, 6.07) is 10.7. The predicted octanol–water partition coefficient (Wildman–Crippen LogP) is 3.57. The highest BCUT2D eigenvalue weighted by Gasteiger charge is 2.63. The Morgan fingerprint density at radius 3 is 2.56 bits per heavy atom. The van der Waals surface area contributed by atoms with Gasteiger partial charge in [0.2, 0.25) is 0 Å². The van der Waals surface area contributed by atoms with Gasteiger partial charge in [0.15, 0.2) is 11.2 Å². The Labute approximate surface area is 151 Å². The molecule has 1 aromatic rings. The van der Waals surface area contributed by atoms with E-state index in [4.69, 9.17) is 11.6 Å². The van der Waals surface area contributed by atoms with Crippen molar-refractivity contribution >= 4 is 17.4 Å². The van der Waals surface area contributed by atoms with Crippen molar-refractivity contribution in [3.63, 3.8) is 0 Å². The number of carbonyl (C=O) groups is 1. The highest BCUT2D eigenvalue weighted by molar-refractivity contribution is 6.31. The first kappa shape index (κ1) is 15.9. The molecule has 0 amide bonds. The molecule has 2 aliphatic heterocycles. The zero-order chi connectivity index (χ0) is 17.6. The molecule has 3 atom stereocenters. The van der Waals surface area contributed by atoms with Crippen LogP contribution in [0.2, 0.25) is 5.02 Å². The van der Waals surface area contributed by atoms with Crippen LogP contribution in [0, 0.1) is 34.0 Å². The molecule has 0 radical (unpaired) electrons. The monoisotopic (exact) mass is 349 g/mol. The fourth-order valence-corrected chi connectivity index (χ4v) is 4.38. The number of fused-ring (bicyclic) bond motifs is 1. The summed E-state index contributed by atoms with van der Waals surface area (Å²) in [6.45, 7) is 0. The van der Waals surface area contributed by atoms with Crippen molar-refractivity contribution in [2.24, 2.45) is 11.3 Å². The second kappa shape index (κ2) is 5.76. The first-order chi connectivity index (χ1) is 12.1. The number of benzene rings is 1. The Balaban J connectivity index is 1.94. The number of allylic oxidation sites excluding steroid dienone is 2. The molecule has 25 heavy (non-hydrogen) atoms. The van der Waals surface area contributed by atoms with Gasteiger partial charge in [-0.25, -0.2) is 0 Å². The summed E-state index contributed by atoms with van der Waals surface area (Å²) in [6.07, 6.45) is 9.12. The van der Waals surface area contributed by atoms with Crippen molar-refractivity contribution in [1.82, 2.24) is 4.90 Å². The highest BCUT2D eigenvalue weighted by atomic mass is 35.5. The number of hydrogen-bond donors (Lipinski definition) is 0. The number of Topliss-reactive ketones (excluding diaryl/α,β-unsaturated/α-hetero) is 1. The fraction of sp³-hybridized carbons (Fsp3) is 0.350. The molecule has 1 aliphatic carbocycles. The quantitative estimate of drug-likeness (QED) is 0.836. The maximum Gasteiger partial charge on any atom is 0.176 e. The van der Waals surface area contributed by atoms with Gasteiger partial charge in [0.1, 0.15) is 0 Å². The van der Waals surface area contributed by atoms with Gasteiger partial charge in [-0.3, -0.25) is 4.79 Å². The molecule has 124 valence electrons. The van der Waals surface area contributed by atoms with Crippen LogP contribution in [0.25, 0.3) is 0 Å². The van der Waals surface area contributed by atoms with Crippen LogP contribution in [0.4, 0.5) is 0 Å². The van der Waals surface area contributed by atoms with E-state index < -0.39 is 23.4 Å². The third-order valence-electron chi connectivity index (χ3n) is 5.46. The molecule has 0 bridgehead atoms. The largest absolute Gasteiger partial charge is 0.358 e. The van der Waals surface area contributed by atoms with Gasteiger partial charge in [0.25, 0.3) is 0 Å². The molecular formula is C20H16ClN3O. The third-order valence-corrected chi connectivity index (χ3v) is 5.80. The number of carbonyl (C=O) groups excluding carboxylic acids is 1. The Morgan fingerprint density at radius 2 is 1.92 bits per heavy atom. The van der Waals surface area contributed by atoms with E-state index in [9.17, 15) is 15.3 Å². The number of ketones is 1. The topological polar surface area (TPSA) is 67.9 Å². The van der Waals surface area contributed by atoms with E-state index in [0.717, 1.165) is 12.8 Å². The van der Waals surface area contributed by atoms with Crippen molar-refractivity contribution < 1.29 is 4.79 Å². The molecule has 1 aromatic carbocycles. The van der Waals surface area contributed by atoms with E-state index in [-0.39, 0.29) is 11.7 Å². The molecule has 2 fully saturated rings. The number of rotatable bonds is 3. The second-order valence-electron chi connectivity index (χ2n) is 6.83. The van der Waals surface area contributed by atoms with E-state index in [1.807, 2.05) is 47.5 Å². The van der Waals surface area contributed by atoms with Crippen LogP contribution in [-0.2, 0) is 4.79 Å². The predicted molar refractivity (Wildman–Crippen MR) is 93.3 cm³/mol. The van der Waals surface area contributed by atoms with Crippen LogP contribution in [0.15, 0.2) is 48.7 Å². The van der Waals surface area contributed by atoms with Crippen molar-refractivity contribution in [3.8, 4) is 12.1 Å². The van der Waals surface area contributed by atoms with Crippen LogP contribution < -0.4 is 0 Å². The summed E-state index contributed by atoms with van der Waals surface area (Å²) in [5.41, 5.74) is -0.663. The lowest BCUT2D eigenvalue weighted by Crippen LogP contribution is -2.40. The van der Waals surface area contributed by atoms with Crippen LogP contribution in [0.1, 0.15) is 24.3 Å². The fourth-order valence-electron chi connectivity index (χ4n) is 4.13. The van der Waals surface area contributed by atoms with Gasteiger partial charge in [0.05, 0.1) is 24.2 Å². The normalized spacial score (nSPS) is 28.9. The lowest BCUT2D eigenvalue weighted by Gasteiger charge is -2.29. The SMILES string of the molecule is N#CC1(C#N)[C@@H](c2ccccc2Cl)[C@H](C(=O)C2CC2)N2C=CC=C[C@@H]21. The average Bonchev–Trinajstić information content (AvgIpc) is 3.44. The molecule has 0 spiro atoms. The Morgan fingerprint density at radius 1 is 1.20 bits per heavy atom. The highest BCUT2D eigenvalue weighted by Crippen LogP contribution is 2.55. The standard InChI is InChI=1S/C20H16ClN3O/c21-15-6-2-1-5-14(15)17-18(19(25)13-8-9-13)24-10-4-3-7-16(24)20(17,11-22)12-23/h1-7,10,13,16-18H,8-9H2/t16-,17+,18-/m1/s1. The van der Waals surface area contributed by atoms with Gasteiger partial charge >= 0.3 is 0 Å². The van der Waals surface area contributed by atoms with Crippen LogP contribution in [0.5, 0.6) is 0 Å². The van der Waals surface area contributed by atoms with Gasteiger partial charge in [0, 0.05) is 23.1 Å². The molecule has 5 heteroatoms. The molecule has 0 N–H and O–H groups in total. The summed E-state index contributed by atoms with van der Waals surface area (Å²) in [4.78, 5) is 15.0. The summed E-state index contributed by atoms with van der Waals surface area (Å²) in [7, 11) is 0. The number of nitrogens with zero attached hydrogens (tertiary/aromatic N) is 3. The van der Waals surface area contributed by atoms with Gasteiger partial charge in [-0.15, -0.1) is 0 Å². The van der Waals surface area contributed by atoms with Crippen LogP contribution in [0.3, 0.4) is 0 Å².